The fourth-order valence-corrected chi connectivity index (χ4v) is 3.06. The number of carbonyl (C=O) groups is 1. The second kappa shape index (κ2) is 9.68. The van der Waals surface area contributed by atoms with Crippen molar-refractivity contribution in [1.82, 2.24) is 14.5 Å². The molecule has 0 saturated carbocycles. The van der Waals surface area contributed by atoms with Gasteiger partial charge in [0.2, 0.25) is 0 Å². The topological polar surface area (TPSA) is 90.5 Å². The first kappa shape index (κ1) is 19.6. The van der Waals surface area contributed by atoms with Crippen molar-refractivity contribution in [1.29, 1.82) is 0 Å². The van der Waals surface area contributed by atoms with Crippen LogP contribution in [-0.4, -0.2) is 46.0 Å². The van der Waals surface area contributed by atoms with Gasteiger partial charge in [-0.15, -0.1) is 0 Å². The molecule has 0 amide bonds. The van der Waals surface area contributed by atoms with Crippen LogP contribution in [0.2, 0.25) is 0 Å². The zero-order chi connectivity index (χ0) is 18.2. The number of nitrogen functional groups attached to an aromatic ring is 1. The molecule has 0 unspecified atom stereocenters. The van der Waals surface area contributed by atoms with Crippen LogP contribution in [0.25, 0.3) is 0 Å². The summed E-state index contributed by atoms with van der Waals surface area (Å²) in [6.07, 6.45) is 6.39. The monoisotopic (exact) mass is 350 g/mol. The SMILES string of the molecule is CCCCN(CCCC)CC(=O)[C@@H]1CC[C@H](n2ccc(N)nc2=O)O1. The van der Waals surface area contributed by atoms with E-state index in [0.717, 1.165) is 38.8 Å². The van der Waals surface area contributed by atoms with Gasteiger partial charge in [-0.3, -0.25) is 14.3 Å². The number of aromatic nitrogens is 2. The predicted molar refractivity (Wildman–Crippen MR) is 97.3 cm³/mol. The highest BCUT2D eigenvalue weighted by molar-refractivity contribution is 5.85. The quantitative estimate of drug-likeness (QED) is 0.694. The number of Topliss-reactive ketones (excluding diaryl/α,β-unsaturated/α-hetero) is 1. The van der Waals surface area contributed by atoms with Gasteiger partial charge in [-0.25, -0.2) is 4.79 Å². The van der Waals surface area contributed by atoms with E-state index < -0.39 is 18.0 Å². The molecular formula is C18H30N4O3. The van der Waals surface area contributed by atoms with Crippen molar-refractivity contribution in [3.05, 3.63) is 22.7 Å². The van der Waals surface area contributed by atoms with Gasteiger partial charge in [0.15, 0.2) is 5.78 Å². The van der Waals surface area contributed by atoms with Crippen LogP contribution < -0.4 is 11.4 Å². The highest BCUT2D eigenvalue weighted by Crippen LogP contribution is 2.27. The van der Waals surface area contributed by atoms with E-state index in [9.17, 15) is 9.59 Å². The van der Waals surface area contributed by atoms with Gasteiger partial charge in [0.05, 0.1) is 6.54 Å². The van der Waals surface area contributed by atoms with Crippen LogP contribution >= 0.6 is 0 Å². The molecule has 1 aliphatic rings. The van der Waals surface area contributed by atoms with E-state index in [-0.39, 0.29) is 11.6 Å². The van der Waals surface area contributed by atoms with Gasteiger partial charge in [0.1, 0.15) is 18.1 Å². The molecule has 0 aromatic carbocycles. The zero-order valence-electron chi connectivity index (χ0n) is 15.3. The summed E-state index contributed by atoms with van der Waals surface area (Å²) >= 11 is 0. The molecule has 0 radical (unpaired) electrons. The van der Waals surface area contributed by atoms with E-state index in [4.69, 9.17) is 10.5 Å². The lowest BCUT2D eigenvalue weighted by Crippen LogP contribution is -2.37. The number of hydrogen-bond donors (Lipinski definition) is 1. The van der Waals surface area contributed by atoms with Gasteiger partial charge in [0.25, 0.3) is 0 Å². The van der Waals surface area contributed by atoms with Crippen LogP contribution in [-0.2, 0) is 9.53 Å². The molecule has 2 atom stereocenters. The third-order valence-corrected chi connectivity index (χ3v) is 4.55. The third kappa shape index (κ3) is 5.64. The first-order chi connectivity index (χ1) is 12.0. The van der Waals surface area contributed by atoms with Gasteiger partial charge in [-0.2, -0.15) is 4.98 Å². The Kier molecular flexibility index (Phi) is 7.58. The molecule has 25 heavy (non-hydrogen) atoms. The number of nitrogens with two attached hydrogens (primary N) is 1. The summed E-state index contributed by atoms with van der Waals surface area (Å²) in [6, 6.07) is 1.57. The molecule has 2 N–H and O–H groups in total. The van der Waals surface area contributed by atoms with E-state index >= 15 is 0 Å². The molecule has 1 saturated heterocycles. The lowest BCUT2D eigenvalue weighted by molar-refractivity contribution is -0.133. The lowest BCUT2D eigenvalue weighted by atomic mass is 10.1. The van der Waals surface area contributed by atoms with Crippen molar-refractivity contribution in [3.63, 3.8) is 0 Å². The van der Waals surface area contributed by atoms with Crippen molar-refractivity contribution >= 4 is 11.6 Å². The second-order valence-corrected chi connectivity index (χ2v) is 6.65. The summed E-state index contributed by atoms with van der Waals surface area (Å²) in [5.74, 6) is 0.292. The number of ketones is 1. The summed E-state index contributed by atoms with van der Waals surface area (Å²) in [5, 5.41) is 0. The van der Waals surface area contributed by atoms with Gasteiger partial charge >= 0.3 is 5.69 Å². The molecule has 0 aliphatic carbocycles. The zero-order valence-corrected chi connectivity index (χ0v) is 15.3. The van der Waals surface area contributed by atoms with E-state index in [0.29, 0.717) is 19.4 Å². The van der Waals surface area contributed by atoms with Crippen LogP contribution in [0.4, 0.5) is 5.82 Å². The molecule has 0 spiro atoms. The Morgan fingerprint density at radius 3 is 2.60 bits per heavy atom. The predicted octanol–water partition coefficient (Wildman–Crippen LogP) is 1.97. The molecule has 0 bridgehead atoms. The van der Waals surface area contributed by atoms with Crippen LogP contribution in [0, 0.1) is 0 Å². The van der Waals surface area contributed by atoms with Crippen LogP contribution in [0.5, 0.6) is 0 Å². The summed E-state index contributed by atoms with van der Waals surface area (Å²) in [4.78, 5) is 30.5. The molecule has 1 aliphatic heterocycles. The van der Waals surface area contributed by atoms with E-state index in [1.54, 1.807) is 12.3 Å². The molecule has 1 fully saturated rings. The highest BCUT2D eigenvalue weighted by Gasteiger charge is 2.32. The van der Waals surface area contributed by atoms with Crippen LogP contribution in [0.1, 0.15) is 58.6 Å². The Bertz CT molecular complexity index is 609. The maximum atomic E-state index is 12.6. The minimum absolute atomic E-state index is 0.103. The standard InChI is InChI=1S/C18H30N4O3/c1-3-5-10-21(11-6-4-2)13-14(23)15-7-8-17(25-15)22-12-9-16(19)20-18(22)24/h9,12,15,17H,3-8,10-11,13H2,1-2H3,(H2,19,20,24)/t15-,17+/m0/s1. The highest BCUT2D eigenvalue weighted by atomic mass is 16.5. The molecule has 7 heteroatoms. The minimum atomic E-state index is -0.444. The average molecular weight is 350 g/mol. The summed E-state index contributed by atoms with van der Waals surface area (Å²) in [7, 11) is 0. The Balaban J connectivity index is 1.92. The van der Waals surface area contributed by atoms with Gasteiger partial charge < -0.3 is 10.5 Å². The number of ether oxygens (including phenoxy) is 1. The largest absolute Gasteiger partial charge is 0.383 e. The number of anilines is 1. The maximum Gasteiger partial charge on any atom is 0.351 e. The number of nitrogens with zero attached hydrogens (tertiary/aromatic N) is 3. The Labute approximate surface area is 149 Å². The molecule has 1 aromatic rings. The summed E-state index contributed by atoms with van der Waals surface area (Å²) in [6.45, 7) is 6.62. The molecular weight excluding hydrogens is 320 g/mol. The van der Waals surface area contributed by atoms with Gasteiger partial charge in [-0.1, -0.05) is 26.7 Å². The smallest absolute Gasteiger partial charge is 0.351 e. The van der Waals surface area contributed by atoms with E-state index in [2.05, 4.69) is 23.7 Å². The minimum Gasteiger partial charge on any atom is -0.383 e. The van der Waals surface area contributed by atoms with Gasteiger partial charge in [-0.05, 0) is 44.8 Å². The summed E-state index contributed by atoms with van der Waals surface area (Å²) < 4.78 is 7.26. The Hall–Kier alpha value is -1.73. The fourth-order valence-electron chi connectivity index (χ4n) is 3.06. The van der Waals surface area contributed by atoms with Crippen LogP contribution in [0.3, 0.4) is 0 Å². The molecule has 2 rings (SSSR count). The summed E-state index contributed by atoms with van der Waals surface area (Å²) in [5.41, 5.74) is 5.07. The molecule has 2 heterocycles. The average Bonchev–Trinajstić information content (AvgIpc) is 3.07. The van der Waals surface area contributed by atoms with Gasteiger partial charge in [0, 0.05) is 6.20 Å². The second-order valence-electron chi connectivity index (χ2n) is 6.65. The van der Waals surface area contributed by atoms with Crippen molar-refractivity contribution in [2.45, 2.75) is 64.7 Å². The van der Waals surface area contributed by atoms with Crippen molar-refractivity contribution < 1.29 is 9.53 Å². The molecule has 1 aromatic heterocycles. The number of carbonyl (C=O) groups excluding carboxylic acids is 1. The van der Waals surface area contributed by atoms with E-state index in [1.807, 2.05) is 0 Å². The maximum absolute atomic E-state index is 12.6. The Morgan fingerprint density at radius 2 is 2.00 bits per heavy atom. The number of unbranched alkanes of at least 4 members (excludes halogenated alkanes) is 2. The van der Waals surface area contributed by atoms with Crippen LogP contribution in [0.15, 0.2) is 17.1 Å². The first-order valence-corrected chi connectivity index (χ1v) is 9.30. The first-order valence-electron chi connectivity index (χ1n) is 9.30. The van der Waals surface area contributed by atoms with Crippen molar-refractivity contribution in [2.75, 3.05) is 25.4 Å². The fraction of sp³-hybridized carbons (Fsp3) is 0.722. The normalized spacial score (nSPS) is 20.3. The Morgan fingerprint density at radius 1 is 1.32 bits per heavy atom. The molecule has 7 nitrogen and oxygen atoms in total. The number of hydrogen-bond acceptors (Lipinski definition) is 6. The molecule has 140 valence electrons. The van der Waals surface area contributed by atoms with E-state index in [1.165, 1.54) is 4.57 Å². The van der Waals surface area contributed by atoms with Crippen molar-refractivity contribution in [2.24, 2.45) is 0 Å². The number of rotatable bonds is 10. The lowest BCUT2D eigenvalue weighted by Gasteiger charge is -2.23. The third-order valence-electron chi connectivity index (χ3n) is 4.55. The van der Waals surface area contributed by atoms with Crippen molar-refractivity contribution in [3.8, 4) is 0 Å².